The van der Waals surface area contributed by atoms with Crippen LogP contribution < -0.4 is 5.32 Å². The standard InChI is InChI=1S/C13H20BrN/c1-11(2)15-10-4-3-5-12-6-8-13(14)9-7-12/h6-9,11,15H,3-5,10H2,1-2H3. The molecular weight excluding hydrogens is 250 g/mol. The number of halogens is 1. The van der Waals surface area contributed by atoms with Crippen LogP contribution in [0.25, 0.3) is 0 Å². The zero-order chi connectivity index (χ0) is 11.1. The van der Waals surface area contributed by atoms with Crippen molar-refractivity contribution >= 4 is 15.9 Å². The van der Waals surface area contributed by atoms with Crippen LogP contribution >= 0.6 is 15.9 Å². The molecule has 0 radical (unpaired) electrons. The monoisotopic (exact) mass is 269 g/mol. The lowest BCUT2D eigenvalue weighted by Crippen LogP contribution is -2.23. The van der Waals surface area contributed by atoms with Crippen molar-refractivity contribution in [2.75, 3.05) is 6.54 Å². The number of nitrogens with one attached hydrogen (secondary N) is 1. The van der Waals surface area contributed by atoms with E-state index in [4.69, 9.17) is 0 Å². The van der Waals surface area contributed by atoms with Gasteiger partial charge in [0, 0.05) is 10.5 Å². The molecule has 84 valence electrons. The van der Waals surface area contributed by atoms with Crippen LogP contribution in [0, 0.1) is 0 Å². The third-order valence-electron chi connectivity index (χ3n) is 2.36. The Kier molecular flexibility index (Phi) is 5.96. The molecule has 0 aliphatic heterocycles. The molecule has 1 rings (SSSR count). The normalized spacial score (nSPS) is 10.9. The molecule has 1 nitrogen and oxygen atoms in total. The third-order valence-corrected chi connectivity index (χ3v) is 2.89. The highest BCUT2D eigenvalue weighted by Crippen LogP contribution is 2.12. The van der Waals surface area contributed by atoms with Gasteiger partial charge < -0.3 is 5.32 Å². The first kappa shape index (κ1) is 12.7. The van der Waals surface area contributed by atoms with Gasteiger partial charge in [-0.15, -0.1) is 0 Å². The quantitative estimate of drug-likeness (QED) is 0.776. The maximum atomic E-state index is 3.44. The minimum absolute atomic E-state index is 0.609. The van der Waals surface area contributed by atoms with E-state index in [1.165, 1.54) is 24.8 Å². The predicted molar refractivity (Wildman–Crippen MR) is 70.2 cm³/mol. The van der Waals surface area contributed by atoms with E-state index in [9.17, 15) is 0 Å². The van der Waals surface area contributed by atoms with Gasteiger partial charge in [-0.1, -0.05) is 41.9 Å². The van der Waals surface area contributed by atoms with Crippen molar-refractivity contribution in [3.63, 3.8) is 0 Å². The van der Waals surface area contributed by atoms with E-state index in [2.05, 4.69) is 59.4 Å². The van der Waals surface area contributed by atoms with E-state index in [0.29, 0.717) is 6.04 Å². The first-order valence-electron chi connectivity index (χ1n) is 5.66. The van der Waals surface area contributed by atoms with Gasteiger partial charge in [0.25, 0.3) is 0 Å². The molecule has 0 aliphatic rings. The molecule has 1 aromatic carbocycles. The summed E-state index contributed by atoms with van der Waals surface area (Å²) in [4.78, 5) is 0. The molecule has 0 saturated heterocycles. The van der Waals surface area contributed by atoms with Crippen molar-refractivity contribution in [3.8, 4) is 0 Å². The van der Waals surface area contributed by atoms with E-state index in [-0.39, 0.29) is 0 Å². The second-order valence-corrected chi connectivity index (χ2v) is 5.11. The number of benzene rings is 1. The number of unbranched alkanes of at least 4 members (excludes halogenated alkanes) is 1. The Morgan fingerprint density at radius 2 is 1.80 bits per heavy atom. The van der Waals surface area contributed by atoms with Crippen molar-refractivity contribution in [1.82, 2.24) is 5.32 Å². The number of hydrogen-bond donors (Lipinski definition) is 1. The smallest absolute Gasteiger partial charge is 0.0175 e. The Morgan fingerprint density at radius 1 is 1.13 bits per heavy atom. The van der Waals surface area contributed by atoms with Gasteiger partial charge in [-0.05, 0) is 43.5 Å². The predicted octanol–water partition coefficient (Wildman–Crippen LogP) is 3.77. The van der Waals surface area contributed by atoms with E-state index >= 15 is 0 Å². The topological polar surface area (TPSA) is 12.0 Å². The molecule has 1 N–H and O–H groups in total. The summed E-state index contributed by atoms with van der Waals surface area (Å²) in [5.41, 5.74) is 1.43. The van der Waals surface area contributed by atoms with Gasteiger partial charge in [0.1, 0.15) is 0 Å². The van der Waals surface area contributed by atoms with E-state index in [1.54, 1.807) is 0 Å². The summed E-state index contributed by atoms with van der Waals surface area (Å²) in [6.45, 7) is 5.51. The Balaban J connectivity index is 2.12. The van der Waals surface area contributed by atoms with Crippen LogP contribution in [0.15, 0.2) is 28.7 Å². The van der Waals surface area contributed by atoms with E-state index < -0.39 is 0 Å². The molecular formula is C13H20BrN. The first-order valence-corrected chi connectivity index (χ1v) is 6.45. The molecule has 0 aromatic heterocycles. The van der Waals surface area contributed by atoms with Crippen molar-refractivity contribution in [3.05, 3.63) is 34.3 Å². The second kappa shape index (κ2) is 7.02. The first-order chi connectivity index (χ1) is 7.18. The highest BCUT2D eigenvalue weighted by molar-refractivity contribution is 9.10. The zero-order valence-electron chi connectivity index (χ0n) is 9.59. The summed E-state index contributed by atoms with van der Waals surface area (Å²) in [5.74, 6) is 0. The Morgan fingerprint density at radius 3 is 2.40 bits per heavy atom. The summed E-state index contributed by atoms with van der Waals surface area (Å²) < 4.78 is 1.16. The zero-order valence-corrected chi connectivity index (χ0v) is 11.2. The summed E-state index contributed by atoms with van der Waals surface area (Å²) in [6, 6.07) is 9.22. The summed E-state index contributed by atoms with van der Waals surface area (Å²) in [7, 11) is 0. The Hall–Kier alpha value is -0.340. The minimum Gasteiger partial charge on any atom is -0.315 e. The maximum Gasteiger partial charge on any atom is 0.0175 e. The van der Waals surface area contributed by atoms with Gasteiger partial charge in [0.15, 0.2) is 0 Å². The third kappa shape index (κ3) is 5.95. The highest BCUT2D eigenvalue weighted by Gasteiger charge is 1.95. The van der Waals surface area contributed by atoms with Crippen LogP contribution in [0.2, 0.25) is 0 Å². The molecule has 2 heteroatoms. The summed E-state index contributed by atoms with van der Waals surface area (Å²) in [5, 5.41) is 3.43. The lowest BCUT2D eigenvalue weighted by molar-refractivity contribution is 0.557. The molecule has 0 unspecified atom stereocenters. The molecule has 0 heterocycles. The Bertz CT molecular complexity index is 266. The van der Waals surface area contributed by atoms with Crippen LogP contribution in [0.3, 0.4) is 0 Å². The minimum atomic E-state index is 0.609. The van der Waals surface area contributed by atoms with Crippen molar-refractivity contribution in [2.45, 2.75) is 39.2 Å². The van der Waals surface area contributed by atoms with E-state index in [1.807, 2.05) is 0 Å². The fraction of sp³-hybridized carbons (Fsp3) is 0.538. The molecule has 15 heavy (non-hydrogen) atoms. The molecule has 0 aliphatic carbocycles. The van der Waals surface area contributed by atoms with Gasteiger partial charge in [-0.3, -0.25) is 0 Å². The summed E-state index contributed by atoms with van der Waals surface area (Å²) in [6.07, 6.45) is 3.71. The van der Waals surface area contributed by atoms with Gasteiger partial charge in [-0.25, -0.2) is 0 Å². The molecule has 0 fully saturated rings. The van der Waals surface area contributed by atoms with Gasteiger partial charge in [0.2, 0.25) is 0 Å². The molecule has 0 atom stereocenters. The molecule has 0 saturated carbocycles. The summed E-state index contributed by atoms with van der Waals surface area (Å²) >= 11 is 3.44. The van der Waals surface area contributed by atoms with Gasteiger partial charge in [0.05, 0.1) is 0 Å². The van der Waals surface area contributed by atoms with Crippen LogP contribution in [0.1, 0.15) is 32.3 Å². The van der Waals surface area contributed by atoms with Gasteiger partial charge in [-0.2, -0.15) is 0 Å². The SMILES string of the molecule is CC(C)NCCCCc1ccc(Br)cc1. The van der Waals surface area contributed by atoms with Crippen molar-refractivity contribution in [2.24, 2.45) is 0 Å². The van der Waals surface area contributed by atoms with Gasteiger partial charge >= 0.3 is 0 Å². The Labute approximate surface area is 101 Å². The molecule has 0 spiro atoms. The average molecular weight is 270 g/mol. The average Bonchev–Trinajstić information content (AvgIpc) is 2.20. The van der Waals surface area contributed by atoms with Crippen LogP contribution in [0.5, 0.6) is 0 Å². The largest absolute Gasteiger partial charge is 0.315 e. The lowest BCUT2D eigenvalue weighted by Gasteiger charge is -2.07. The highest BCUT2D eigenvalue weighted by atomic mass is 79.9. The van der Waals surface area contributed by atoms with Crippen LogP contribution in [-0.4, -0.2) is 12.6 Å². The fourth-order valence-corrected chi connectivity index (χ4v) is 1.76. The van der Waals surface area contributed by atoms with E-state index in [0.717, 1.165) is 11.0 Å². The molecule has 0 bridgehead atoms. The number of aryl methyl sites for hydroxylation is 1. The second-order valence-electron chi connectivity index (χ2n) is 4.19. The van der Waals surface area contributed by atoms with Crippen LogP contribution in [0.4, 0.5) is 0 Å². The fourth-order valence-electron chi connectivity index (χ4n) is 1.50. The lowest BCUT2D eigenvalue weighted by atomic mass is 10.1. The number of rotatable bonds is 6. The molecule has 1 aromatic rings. The van der Waals surface area contributed by atoms with Crippen LogP contribution in [-0.2, 0) is 6.42 Å². The van der Waals surface area contributed by atoms with Crippen molar-refractivity contribution < 1.29 is 0 Å². The van der Waals surface area contributed by atoms with Crippen molar-refractivity contribution in [1.29, 1.82) is 0 Å². The maximum absolute atomic E-state index is 3.44. The number of hydrogen-bond acceptors (Lipinski definition) is 1. The molecule has 0 amide bonds.